The van der Waals surface area contributed by atoms with E-state index < -0.39 is 0 Å². The lowest BCUT2D eigenvalue weighted by Gasteiger charge is -2.29. The fourth-order valence-corrected chi connectivity index (χ4v) is 9.24. The van der Waals surface area contributed by atoms with Crippen LogP contribution in [0.3, 0.4) is 0 Å². The first kappa shape index (κ1) is 33.5. The Labute approximate surface area is 333 Å². The number of benzene rings is 5. The molecular formula is C54H42N2O. The number of hydrogen-bond acceptors (Lipinski definition) is 2. The Morgan fingerprint density at radius 3 is 2.28 bits per heavy atom. The van der Waals surface area contributed by atoms with Crippen LogP contribution in [0.25, 0.3) is 61.2 Å². The smallest absolute Gasteiger partial charge is 0.134 e. The molecule has 0 bridgehead atoms. The summed E-state index contributed by atoms with van der Waals surface area (Å²) in [6.07, 6.45) is 29.7. The van der Waals surface area contributed by atoms with Crippen LogP contribution in [0.2, 0.25) is 0 Å². The highest BCUT2D eigenvalue weighted by Gasteiger charge is 2.21. The molecule has 0 amide bonds. The molecule has 5 aromatic carbocycles. The molecule has 1 unspecified atom stereocenters. The quantitative estimate of drug-likeness (QED) is 0.176. The maximum Gasteiger partial charge on any atom is 0.134 e. The number of para-hydroxylation sites is 1. The van der Waals surface area contributed by atoms with Gasteiger partial charge in [0.2, 0.25) is 0 Å². The second-order valence-corrected chi connectivity index (χ2v) is 15.6. The molecule has 1 atom stereocenters. The molecule has 0 saturated heterocycles. The van der Waals surface area contributed by atoms with Crippen LogP contribution in [0, 0.1) is 0 Å². The summed E-state index contributed by atoms with van der Waals surface area (Å²) in [6.45, 7) is 4.64. The van der Waals surface area contributed by atoms with Crippen molar-refractivity contribution in [1.29, 1.82) is 0 Å². The highest BCUT2D eigenvalue weighted by molar-refractivity contribution is 6.10. The number of aromatic nitrogens is 1. The van der Waals surface area contributed by atoms with E-state index in [0.717, 1.165) is 66.0 Å². The molecule has 4 aliphatic rings. The molecule has 11 rings (SSSR count). The molecule has 3 heterocycles. The van der Waals surface area contributed by atoms with Crippen LogP contribution >= 0.6 is 0 Å². The van der Waals surface area contributed by atoms with Gasteiger partial charge in [-0.15, -0.1) is 0 Å². The van der Waals surface area contributed by atoms with E-state index in [1.807, 2.05) is 0 Å². The number of furan rings is 1. The van der Waals surface area contributed by atoms with Gasteiger partial charge in [-0.25, -0.2) is 0 Å². The molecule has 274 valence electrons. The van der Waals surface area contributed by atoms with Gasteiger partial charge >= 0.3 is 0 Å². The third-order valence-electron chi connectivity index (χ3n) is 12.2. The van der Waals surface area contributed by atoms with E-state index in [0.29, 0.717) is 5.92 Å². The minimum absolute atomic E-state index is 0.428. The lowest BCUT2D eigenvalue weighted by atomic mass is 9.90. The zero-order valence-corrected chi connectivity index (χ0v) is 31.9. The Hall–Kier alpha value is -6.84. The van der Waals surface area contributed by atoms with E-state index in [1.54, 1.807) is 0 Å². The van der Waals surface area contributed by atoms with Gasteiger partial charge in [0.1, 0.15) is 11.3 Å². The summed E-state index contributed by atoms with van der Waals surface area (Å²) in [5.74, 6) is 1.53. The van der Waals surface area contributed by atoms with Gasteiger partial charge in [0.05, 0.1) is 11.0 Å². The number of aryl methyl sites for hydroxylation is 1. The van der Waals surface area contributed by atoms with E-state index in [4.69, 9.17) is 4.42 Å². The topological polar surface area (TPSA) is 21.3 Å². The first-order valence-electron chi connectivity index (χ1n) is 20.2. The third-order valence-corrected chi connectivity index (χ3v) is 12.2. The zero-order chi connectivity index (χ0) is 37.9. The van der Waals surface area contributed by atoms with Crippen molar-refractivity contribution in [2.75, 3.05) is 4.90 Å². The highest BCUT2D eigenvalue weighted by Crippen LogP contribution is 2.40. The Balaban J connectivity index is 0.954. The van der Waals surface area contributed by atoms with Crippen LogP contribution in [0.15, 0.2) is 198 Å². The van der Waals surface area contributed by atoms with Crippen molar-refractivity contribution in [1.82, 2.24) is 4.57 Å². The normalized spacial score (nSPS) is 19.2. The molecular weight excluding hydrogens is 693 g/mol. The summed E-state index contributed by atoms with van der Waals surface area (Å²) < 4.78 is 8.58. The van der Waals surface area contributed by atoms with Gasteiger partial charge in [-0.1, -0.05) is 104 Å². The minimum Gasteiger partial charge on any atom is -0.460 e. The molecule has 3 aliphatic carbocycles. The van der Waals surface area contributed by atoms with Gasteiger partial charge in [0.15, 0.2) is 0 Å². The molecule has 3 heteroatoms. The van der Waals surface area contributed by atoms with E-state index in [9.17, 15) is 0 Å². The first-order chi connectivity index (χ1) is 28.2. The maximum atomic E-state index is 6.18. The van der Waals surface area contributed by atoms with Crippen molar-refractivity contribution < 1.29 is 4.42 Å². The summed E-state index contributed by atoms with van der Waals surface area (Å²) in [7, 11) is 0. The Kier molecular flexibility index (Phi) is 8.06. The van der Waals surface area contributed by atoms with Crippen molar-refractivity contribution in [3.8, 4) is 16.8 Å². The largest absolute Gasteiger partial charge is 0.460 e. The van der Waals surface area contributed by atoms with Crippen molar-refractivity contribution in [2.45, 2.75) is 38.0 Å². The van der Waals surface area contributed by atoms with Crippen LogP contribution in [0.4, 0.5) is 5.69 Å². The van der Waals surface area contributed by atoms with Gasteiger partial charge in [0.25, 0.3) is 0 Å². The van der Waals surface area contributed by atoms with Crippen LogP contribution in [0.5, 0.6) is 0 Å². The standard InChI is InChI=1S/C54H42N2O/c1-36-33-42(31-32-55(50-16-8-5-13-45(36)50)43-25-19-38(20-26-43)37-11-3-2-4-12-37)41-23-29-52-48(34-41)46-14-6-9-17-51(46)56(52)44-27-21-39(22-28-44)40-24-30-54-49(35-40)47-15-7-10-18-53(47)57-54/h2-4,6-9,11,14-17,19-35,37H,1,5,10,12-13,18H2/b32-31-,42-33+. The molecule has 0 radical (unpaired) electrons. The molecule has 57 heavy (non-hydrogen) atoms. The van der Waals surface area contributed by atoms with Crippen LogP contribution in [-0.2, 0) is 6.42 Å². The third kappa shape index (κ3) is 5.81. The summed E-state index contributed by atoms with van der Waals surface area (Å²) in [5.41, 5.74) is 16.5. The molecule has 0 N–H and O–H groups in total. The monoisotopic (exact) mass is 734 g/mol. The van der Waals surface area contributed by atoms with Crippen molar-refractivity contribution >= 4 is 50.1 Å². The fraction of sp³-hybridized carbons (Fsp3) is 0.111. The average molecular weight is 735 g/mol. The molecule has 1 aliphatic heterocycles. The summed E-state index contributed by atoms with van der Waals surface area (Å²) >= 11 is 0. The Bertz CT molecular complexity index is 2990. The summed E-state index contributed by atoms with van der Waals surface area (Å²) in [6, 6.07) is 40.4. The van der Waals surface area contributed by atoms with Gasteiger partial charge in [0, 0.05) is 57.3 Å². The number of nitrogens with zero attached hydrogens (tertiary/aromatic N) is 2. The highest BCUT2D eigenvalue weighted by atomic mass is 16.3. The number of allylic oxidation sites excluding steroid dienone is 12. The lowest BCUT2D eigenvalue weighted by Crippen LogP contribution is -2.19. The number of fused-ring (bicyclic) bond motifs is 6. The molecule has 7 aromatic rings. The van der Waals surface area contributed by atoms with Crippen molar-refractivity contribution in [2.24, 2.45) is 0 Å². The van der Waals surface area contributed by atoms with Crippen molar-refractivity contribution in [3.05, 3.63) is 216 Å². The number of rotatable bonds is 5. The minimum atomic E-state index is 0.428. The van der Waals surface area contributed by atoms with Crippen LogP contribution in [0.1, 0.15) is 54.1 Å². The van der Waals surface area contributed by atoms with E-state index in [-0.39, 0.29) is 0 Å². The van der Waals surface area contributed by atoms with Gasteiger partial charge in [-0.3, -0.25) is 0 Å². The first-order valence-corrected chi connectivity index (χ1v) is 20.2. The zero-order valence-electron chi connectivity index (χ0n) is 31.9. The molecule has 0 saturated carbocycles. The molecule has 0 spiro atoms. The summed E-state index contributed by atoms with van der Waals surface area (Å²) in [5, 5.41) is 3.67. The van der Waals surface area contributed by atoms with Gasteiger partial charge in [-0.05, 0) is 137 Å². The second kappa shape index (κ2) is 13.7. The Morgan fingerprint density at radius 1 is 0.632 bits per heavy atom. The summed E-state index contributed by atoms with van der Waals surface area (Å²) in [4.78, 5) is 2.34. The molecule has 0 fully saturated rings. The van der Waals surface area contributed by atoms with Crippen molar-refractivity contribution in [3.63, 3.8) is 0 Å². The van der Waals surface area contributed by atoms with E-state index in [1.165, 1.54) is 66.3 Å². The van der Waals surface area contributed by atoms with Crippen LogP contribution in [-0.4, -0.2) is 4.57 Å². The second-order valence-electron chi connectivity index (χ2n) is 15.6. The predicted octanol–water partition coefficient (Wildman–Crippen LogP) is 14.3. The van der Waals surface area contributed by atoms with E-state index >= 15 is 0 Å². The predicted molar refractivity (Wildman–Crippen MR) is 240 cm³/mol. The Morgan fingerprint density at radius 2 is 1.40 bits per heavy atom. The van der Waals surface area contributed by atoms with Gasteiger partial charge < -0.3 is 13.9 Å². The number of hydrogen-bond donors (Lipinski definition) is 0. The maximum absolute atomic E-state index is 6.18. The molecule has 3 nitrogen and oxygen atoms in total. The lowest BCUT2D eigenvalue weighted by molar-refractivity contribution is 0.546. The average Bonchev–Trinajstić information content (AvgIpc) is 3.81. The van der Waals surface area contributed by atoms with Gasteiger partial charge in [-0.2, -0.15) is 0 Å². The fourth-order valence-electron chi connectivity index (χ4n) is 9.24. The van der Waals surface area contributed by atoms with E-state index in [2.05, 4.69) is 192 Å². The molecule has 2 aromatic heterocycles. The SMILES string of the molecule is C=C1/C=C(c2ccc3c(c2)c2ccccc2n3-c2ccc(-c3ccc4oc5c(c4c3)C=CCC5)cc2)\C=C/N(c2ccc(C3C=CC=CC3)cc2)C2=C1CCC=C2. The van der Waals surface area contributed by atoms with Crippen LogP contribution < -0.4 is 4.90 Å². The number of anilines is 1.